The summed E-state index contributed by atoms with van der Waals surface area (Å²) < 4.78 is 5.50. The summed E-state index contributed by atoms with van der Waals surface area (Å²) in [6, 6.07) is 0. The van der Waals surface area contributed by atoms with Crippen molar-refractivity contribution in [3.05, 3.63) is 5.56 Å². The van der Waals surface area contributed by atoms with Crippen LogP contribution in [0.15, 0.2) is 0 Å². The number of carbonyl (C=O) groups excluding carboxylic acids is 1. The van der Waals surface area contributed by atoms with E-state index in [1.807, 2.05) is 28.6 Å². The maximum Gasteiger partial charge on any atom is 0.313 e. The smallest absolute Gasteiger partial charge is 0.313 e. The maximum absolute atomic E-state index is 11.7. The first kappa shape index (κ1) is 14.4. The Morgan fingerprint density at radius 1 is 1.18 bits per heavy atom. The highest BCUT2D eigenvalue weighted by Gasteiger charge is 2.17. The molecular weight excluding hydrogens is 228 g/mol. The van der Waals surface area contributed by atoms with Crippen LogP contribution in [0.2, 0.25) is 0 Å². The highest BCUT2D eigenvalue weighted by Crippen LogP contribution is 2.13. The predicted octanol–water partition coefficient (Wildman–Crippen LogP) is -3.17. The lowest BCUT2D eigenvalue weighted by Gasteiger charge is -2.19. The SMILES string of the molecule is Bc1c(B)c(P)c(C)c(OC(=O)C(C)C)c1B. The molecule has 0 aliphatic heterocycles. The second-order valence-electron chi connectivity index (χ2n) is 4.82. The van der Waals surface area contributed by atoms with E-state index in [4.69, 9.17) is 4.74 Å². The van der Waals surface area contributed by atoms with Crippen LogP contribution in [0, 0.1) is 12.8 Å². The first-order chi connectivity index (χ1) is 7.77. The molecule has 1 atom stereocenters. The first-order valence-corrected chi connectivity index (χ1v) is 6.42. The quantitative estimate of drug-likeness (QED) is 0.238. The molecule has 2 nitrogen and oxygen atoms in total. The van der Waals surface area contributed by atoms with E-state index < -0.39 is 0 Å². The van der Waals surface area contributed by atoms with Gasteiger partial charge in [-0.15, -0.1) is 9.24 Å². The average molecular weight is 246 g/mol. The Kier molecular flexibility index (Phi) is 4.49. The summed E-state index contributed by atoms with van der Waals surface area (Å²) in [7, 11) is 8.88. The maximum atomic E-state index is 11.7. The third-order valence-corrected chi connectivity index (χ3v) is 4.15. The van der Waals surface area contributed by atoms with E-state index in [9.17, 15) is 4.79 Å². The molecule has 6 heteroatoms. The molecule has 0 saturated carbocycles. The van der Waals surface area contributed by atoms with E-state index >= 15 is 0 Å². The molecule has 0 N–H and O–H groups in total. The predicted molar refractivity (Wildman–Crippen MR) is 85.5 cm³/mol. The van der Waals surface area contributed by atoms with Gasteiger partial charge >= 0.3 is 5.97 Å². The monoisotopic (exact) mass is 246 g/mol. The Labute approximate surface area is 108 Å². The molecule has 0 fully saturated rings. The van der Waals surface area contributed by atoms with Crippen LogP contribution in [0.25, 0.3) is 0 Å². The van der Waals surface area contributed by atoms with Crippen LogP contribution in [0.5, 0.6) is 5.75 Å². The van der Waals surface area contributed by atoms with Gasteiger partial charge in [0.1, 0.15) is 29.3 Å². The highest BCUT2D eigenvalue weighted by molar-refractivity contribution is 7.28. The molecule has 1 aromatic rings. The Morgan fingerprint density at radius 2 is 1.71 bits per heavy atom. The number of carbonyl (C=O) groups is 1. The van der Waals surface area contributed by atoms with E-state index in [1.54, 1.807) is 0 Å². The lowest BCUT2D eigenvalue weighted by atomic mass is 9.71. The molecule has 0 heterocycles. The van der Waals surface area contributed by atoms with Crippen LogP contribution in [0.1, 0.15) is 19.4 Å². The zero-order chi connectivity index (χ0) is 13.3. The summed E-state index contributed by atoms with van der Waals surface area (Å²) in [5.41, 5.74) is 4.52. The van der Waals surface area contributed by atoms with Gasteiger partial charge in [0, 0.05) is 0 Å². The molecular formula is C11H18B3O2P. The number of esters is 1. The van der Waals surface area contributed by atoms with Crippen molar-refractivity contribution in [3.63, 3.8) is 0 Å². The first-order valence-electron chi connectivity index (χ1n) is 5.84. The molecule has 0 spiro atoms. The van der Waals surface area contributed by atoms with Gasteiger partial charge in [0.2, 0.25) is 0 Å². The standard InChI is InChI=1S/C11H18B3O2P/c1-4(2)11(15)16-9-5(3)10(17)8(14)6(12)7(9)13/h4H,12-14,17H2,1-3H3. The molecule has 0 aliphatic rings. The molecule has 0 radical (unpaired) electrons. The third kappa shape index (κ3) is 2.77. The van der Waals surface area contributed by atoms with E-state index in [0.717, 1.165) is 22.1 Å². The summed E-state index contributed by atoms with van der Waals surface area (Å²) >= 11 is 0. The molecule has 17 heavy (non-hydrogen) atoms. The average Bonchev–Trinajstić information content (AvgIpc) is 2.29. The number of rotatable bonds is 2. The number of benzene rings is 1. The Balaban J connectivity index is 3.30. The zero-order valence-electron chi connectivity index (χ0n) is 11.5. The van der Waals surface area contributed by atoms with Gasteiger partial charge in [-0.1, -0.05) is 30.2 Å². The fourth-order valence-corrected chi connectivity index (χ4v) is 2.06. The van der Waals surface area contributed by atoms with E-state index in [2.05, 4.69) is 24.9 Å². The summed E-state index contributed by atoms with van der Waals surface area (Å²) in [4.78, 5) is 11.7. The van der Waals surface area contributed by atoms with E-state index in [1.165, 1.54) is 10.9 Å². The van der Waals surface area contributed by atoms with Gasteiger partial charge in [-0.3, -0.25) is 4.79 Å². The second kappa shape index (κ2) is 5.31. The minimum Gasteiger partial charge on any atom is -0.427 e. The van der Waals surface area contributed by atoms with Crippen molar-refractivity contribution >= 4 is 60.4 Å². The number of ether oxygens (including phenoxy) is 1. The van der Waals surface area contributed by atoms with Gasteiger partial charge in [-0.05, 0) is 17.8 Å². The molecule has 1 aromatic carbocycles. The molecule has 0 aliphatic carbocycles. The van der Waals surface area contributed by atoms with E-state index in [-0.39, 0.29) is 11.9 Å². The summed E-state index contributed by atoms with van der Waals surface area (Å²) in [5, 5.41) is 1.12. The third-order valence-electron chi connectivity index (χ3n) is 3.29. The summed E-state index contributed by atoms with van der Waals surface area (Å²) in [5.74, 6) is 0.434. The molecule has 88 valence electrons. The van der Waals surface area contributed by atoms with Crippen molar-refractivity contribution in [3.8, 4) is 5.75 Å². The Morgan fingerprint density at radius 3 is 2.18 bits per heavy atom. The van der Waals surface area contributed by atoms with Gasteiger partial charge in [0.25, 0.3) is 0 Å². The summed E-state index contributed by atoms with van der Waals surface area (Å²) in [6.45, 7) is 5.68. The summed E-state index contributed by atoms with van der Waals surface area (Å²) in [6.07, 6.45) is 0. The van der Waals surface area contributed by atoms with Crippen molar-refractivity contribution in [2.45, 2.75) is 20.8 Å². The zero-order valence-corrected chi connectivity index (χ0v) is 12.6. The van der Waals surface area contributed by atoms with Crippen LogP contribution < -0.4 is 26.4 Å². The van der Waals surface area contributed by atoms with E-state index in [0.29, 0.717) is 0 Å². The second-order valence-corrected chi connectivity index (χ2v) is 5.40. The van der Waals surface area contributed by atoms with Gasteiger partial charge in [-0.25, -0.2) is 0 Å². The van der Waals surface area contributed by atoms with Crippen molar-refractivity contribution in [2.75, 3.05) is 0 Å². The van der Waals surface area contributed by atoms with Crippen LogP contribution in [0.3, 0.4) is 0 Å². The number of hydrogen-bond acceptors (Lipinski definition) is 2. The topological polar surface area (TPSA) is 26.3 Å². The minimum atomic E-state index is -0.177. The van der Waals surface area contributed by atoms with Gasteiger partial charge < -0.3 is 4.74 Å². The van der Waals surface area contributed by atoms with Gasteiger partial charge in [-0.2, -0.15) is 0 Å². The molecule has 0 bridgehead atoms. The number of hydrogen-bond donors (Lipinski definition) is 0. The van der Waals surface area contributed by atoms with Crippen molar-refractivity contribution in [2.24, 2.45) is 5.92 Å². The van der Waals surface area contributed by atoms with Crippen molar-refractivity contribution in [1.29, 1.82) is 0 Å². The molecule has 0 amide bonds. The largest absolute Gasteiger partial charge is 0.427 e. The van der Waals surface area contributed by atoms with Gasteiger partial charge in [0.15, 0.2) is 0 Å². The van der Waals surface area contributed by atoms with Gasteiger partial charge in [0.05, 0.1) is 5.92 Å². The molecule has 1 rings (SSSR count). The lowest BCUT2D eigenvalue weighted by Crippen LogP contribution is -2.47. The van der Waals surface area contributed by atoms with Crippen LogP contribution in [0.4, 0.5) is 0 Å². The minimum absolute atomic E-state index is 0.108. The highest BCUT2D eigenvalue weighted by atomic mass is 31.0. The molecule has 0 saturated heterocycles. The normalized spacial score (nSPS) is 10.6. The molecule has 1 unspecified atom stereocenters. The van der Waals surface area contributed by atoms with Crippen LogP contribution in [-0.2, 0) is 4.79 Å². The fourth-order valence-electron chi connectivity index (χ4n) is 1.71. The Hall–Kier alpha value is -0.685. The Bertz CT molecular complexity index is 443. The van der Waals surface area contributed by atoms with Crippen molar-refractivity contribution in [1.82, 2.24) is 0 Å². The van der Waals surface area contributed by atoms with Crippen LogP contribution in [-0.4, -0.2) is 29.5 Å². The van der Waals surface area contributed by atoms with Crippen LogP contribution >= 0.6 is 9.24 Å². The van der Waals surface area contributed by atoms with Crippen molar-refractivity contribution < 1.29 is 9.53 Å². The molecule has 0 aromatic heterocycles. The fraction of sp³-hybridized carbons (Fsp3) is 0.364. The lowest BCUT2D eigenvalue weighted by molar-refractivity contribution is -0.137.